The summed E-state index contributed by atoms with van der Waals surface area (Å²) >= 11 is 0. The van der Waals surface area contributed by atoms with Crippen molar-refractivity contribution in [1.29, 1.82) is 0 Å². The van der Waals surface area contributed by atoms with Gasteiger partial charge in [-0.25, -0.2) is 4.98 Å². The van der Waals surface area contributed by atoms with E-state index in [1.54, 1.807) is 18.3 Å². The van der Waals surface area contributed by atoms with Crippen LogP contribution in [0.25, 0.3) is 22.2 Å². The zero-order valence-corrected chi connectivity index (χ0v) is 21.8. The van der Waals surface area contributed by atoms with E-state index in [4.69, 9.17) is 4.74 Å². The van der Waals surface area contributed by atoms with Gasteiger partial charge in [0.15, 0.2) is 0 Å². The number of para-hydroxylation sites is 1. The van der Waals surface area contributed by atoms with Crippen molar-refractivity contribution in [2.45, 2.75) is 19.8 Å². The molecule has 2 saturated heterocycles. The molecule has 2 aliphatic rings. The van der Waals surface area contributed by atoms with Gasteiger partial charge in [-0.05, 0) is 53.9 Å². The Hall–Kier alpha value is -4.20. The average molecular weight is 510 g/mol. The molecule has 1 N–H and O–H groups in total. The Bertz CT molecular complexity index is 1510. The fraction of sp³-hybridized carbons (Fsp3) is 0.333. The van der Waals surface area contributed by atoms with Crippen LogP contribution in [0, 0.1) is 11.3 Å². The number of nitrogens with zero attached hydrogens (tertiary/aromatic N) is 5. The van der Waals surface area contributed by atoms with E-state index in [9.17, 15) is 9.90 Å². The second kappa shape index (κ2) is 9.28. The Labute approximate surface area is 221 Å². The molecule has 8 heteroatoms. The summed E-state index contributed by atoms with van der Waals surface area (Å²) in [4.78, 5) is 21.6. The third kappa shape index (κ3) is 4.20. The van der Waals surface area contributed by atoms with Crippen LogP contribution >= 0.6 is 0 Å². The normalized spacial score (nSPS) is 16.8. The molecular formula is C30H31N5O3. The molecule has 1 spiro atoms. The lowest BCUT2D eigenvalue weighted by Gasteiger charge is -2.61. The molecule has 0 bridgehead atoms. The minimum Gasteiger partial charge on any atom is -0.507 e. The largest absolute Gasteiger partial charge is 0.507 e. The number of phenols is 1. The number of benzene rings is 2. The van der Waals surface area contributed by atoms with E-state index in [0.717, 1.165) is 54.2 Å². The first-order valence-electron chi connectivity index (χ1n) is 13.0. The molecule has 2 aromatic carbocycles. The molecule has 1 unspecified atom stereocenters. The Morgan fingerprint density at radius 1 is 0.974 bits per heavy atom. The molecule has 1 atom stereocenters. The number of pyridine rings is 1. The van der Waals surface area contributed by atoms with E-state index in [1.165, 1.54) is 7.11 Å². The van der Waals surface area contributed by atoms with Crippen LogP contribution in [0.4, 0.5) is 11.5 Å². The quantitative estimate of drug-likeness (QED) is 0.376. The lowest BCUT2D eigenvalue weighted by atomic mass is 9.72. The first-order chi connectivity index (χ1) is 18.4. The zero-order valence-electron chi connectivity index (χ0n) is 21.8. The average Bonchev–Trinajstić information content (AvgIpc) is 2.87. The van der Waals surface area contributed by atoms with Crippen molar-refractivity contribution in [2.75, 3.05) is 43.1 Å². The Morgan fingerprint density at radius 2 is 1.74 bits per heavy atom. The number of hydrogen-bond donors (Lipinski definition) is 1. The highest BCUT2D eigenvalue weighted by Crippen LogP contribution is 2.44. The summed E-state index contributed by atoms with van der Waals surface area (Å²) in [5.74, 6) is 0.762. The fourth-order valence-corrected chi connectivity index (χ4v) is 5.84. The Balaban J connectivity index is 1.12. The van der Waals surface area contributed by atoms with Gasteiger partial charge in [0.1, 0.15) is 11.6 Å². The fourth-order valence-electron chi connectivity index (χ4n) is 5.84. The highest BCUT2D eigenvalue weighted by Gasteiger charge is 2.52. The summed E-state index contributed by atoms with van der Waals surface area (Å²) in [6, 6.07) is 19.4. The van der Waals surface area contributed by atoms with Gasteiger partial charge in [-0.1, -0.05) is 32.0 Å². The van der Waals surface area contributed by atoms with E-state index >= 15 is 0 Å². The van der Waals surface area contributed by atoms with Crippen LogP contribution in [0.15, 0.2) is 66.9 Å². The van der Waals surface area contributed by atoms with Crippen molar-refractivity contribution in [2.24, 2.45) is 11.3 Å². The Morgan fingerprint density at radius 3 is 2.47 bits per heavy atom. The summed E-state index contributed by atoms with van der Waals surface area (Å²) in [5, 5.41) is 19.9. The third-order valence-corrected chi connectivity index (χ3v) is 7.80. The topological polar surface area (TPSA) is 91.7 Å². The van der Waals surface area contributed by atoms with Crippen LogP contribution in [-0.4, -0.2) is 59.5 Å². The molecule has 194 valence electrons. The van der Waals surface area contributed by atoms with Crippen molar-refractivity contribution < 1.29 is 14.6 Å². The van der Waals surface area contributed by atoms with Crippen molar-refractivity contribution in [1.82, 2.24) is 15.2 Å². The van der Waals surface area contributed by atoms with Crippen LogP contribution in [0.5, 0.6) is 5.75 Å². The van der Waals surface area contributed by atoms with Crippen LogP contribution in [0.2, 0.25) is 0 Å². The lowest BCUT2D eigenvalue weighted by molar-refractivity contribution is -0.143. The highest BCUT2D eigenvalue weighted by molar-refractivity contribution is 5.86. The summed E-state index contributed by atoms with van der Waals surface area (Å²) in [6.45, 7) is 7.93. The molecule has 0 saturated carbocycles. The smallest absolute Gasteiger partial charge is 0.313 e. The van der Waals surface area contributed by atoms with E-state index in [-0.39, 0.29) is 29.0 Å². The number of aromatic hydroxyl groups is 1. The summed E-state index contributed by atoms with van der Waals surface area (Å²) in [7, 11) is 1.44. The van der Waals surface area contributed by atoms with Crippen molar-refractivity contribution >= 4 is 28.4 Å². The van der Waals surface area contributed by atoms with Gasteiger partial charge in [-0.15, -0.1) is 10.2 Å². The molecule has 0 radical (unpaired) electrons. The molecule has 6 rings (SSSR count). The maximum Gasteiger partial charge on any atom is 0.313 e. The number of carbonyl (C=O) groups is 1. The molecule has 2 fully saturated rings. The van der Waals surface area contributed by atoms with Crippen LogP contribution in [-0.2, 0) is 9.53 Å². The van der Waals surface area contributed by atoms with E-state index in [0.29, 0.717) is 11.3 Å². The van der Waals surface area contributed by atoms with Gasteiger partial charge in [0.2, 0.25) is 0 Å². The number of phenolic OH excluding ortho intramolecular Hbond substituents is 1. The number of aromatic nitrogens is 3. The molecule has 0 amide bonds. The predicted molar refractivity (Wildman–Crippen MR) is 147 cm³/mol. The Kier molecular flexibility index (Phi) is 5.90. The van der Waals surface area contributed by atoms with Gasteiger partial charge in [-0.3, -0.25) is 4.79 Å². The summed E-state index contributed by atoms with van der Waals surface area (Å²) in [6.07, 6.45) is 1.79. The minimum atomic E-state index is -0.290. The molecular weight excluding hydrogens is 478 g/mol. The number of methoxy groups -OCH3 is 1. The molecule has 2 aliphatic heterocycles. The van der Waals surface area contributed by atoms with Gasteiger partial charge in [-0.2, -0.15) is 0 Å². The molecule has 4 aromatic rings. The number of carbonyl (C=O) groups excluding carboxylic acids is 1. The van der Waals surface area contributed by atoms with Gasteiger partial charge < -0.3 is 19.6 Å². The third-order valence-electron chi connectivity index (χ3n) is 7.80. The van der Waals surface area contributed by atoms with Crippen molar-refractivity contribution in [3.63, 3.8) is 0 Å². The van der Waals surface area contributed by atoms with Gasteiger partial charge >= 0.3 is 5.97 Å². The first kappa shape index (κ1) is 24.2. The van der Waals surface area contributed by atoms with Gasteiger partial charge in [0.25, 0.3) is 0 Å². The molecule has 8 nitrogen and oxygen atoms in total. The molecule has 38 heavy (non-hydrogen) atoms. The van der Waals surface area contributed by atoms with E-state index < -0.39 is 0 Å². The summed E-state index contributed by atoms with van der Waals surface area (Å²) < 4.78 is 5.04. The maximum absolute atomic E-state index is 12.3. The van der Waals surface area contributed by atoms with Crippen LogP contribution in [0.3, 0.4) is 0 Å². The van der Waals surface area contributed by atoms with E-state index in [1.807, 2.05) is 44.2 Å². The number of fused-ring (bicyclic) bond motifs is 1. The maximum atomic E-state index is 12.3. The predicted octanol–water partition coefficient (Wildman–Crippen LogP) is 4.64. The second-order valence-electron chi connectivity index (χ2n) is 10.9. The number of ether oxygens (including phenoxy) is 1. The zero-order chi connectivity index (χ0) is 26.4. The number of rotatable bonds is 6. The summed E-state index contributed by atoms with van der Waals surface area (Å²) in [5.41, 5.74) is 4.52. The molecule has 2 aromatic heterocycles. The monoisotopic (exact) mass is 509 g/mol. The number of esters is 1. The highest BCUT2D eigenvalue weighted by atomic mass is 16.5. The van der Waals surface area contributed by atoms with Gasteiger partial charge in [0, 0.05) is 54.4 Å². The van der Waals surface area contributed by atoms with Crippen LogP contribution in [0.1, 0.15) is 25.3 Å². The van der Waals surface area contributed by atoms with Gasteiger partial charge in [0.05, 0.1) is 24.2 Å². The number of anilines is 2. The van der Waals surface area contributed by atoms with Crippen LogP contribution < -0.4 is 9.80 Å². The first-order valence-corrected chi connectivity index (χ1v) is 13.0. The molecule has 0 aliphatic carbocycles. The lowest BCUT2D eigenvalue weighted by Crippen LogP contribution is -2.72. The number of hydrogen-bond acceptors (Lipinski definition) is 8. The standard InChI is InChI=1S/C30H31N5O3/c1-19(2)28(29(37)38-3)21-10-11-31-27(13-21)35-17-30(18-35)15-34(16-30)22-9-8-20-12-25(33-32-24(20)14-22)23-6-4-5-7-26(23)36/h4-14,19,28,36H,15-18H2,1-3H3. The SMILES string of the molecule is COC(=O)C(c1ccnc(N2CC3(CN(c4ccc5cc(-c6ccccc6O)nnc5c4)C3)C2)c1)C(C)C. The second-order valence-corrected chi connectivity index (χ2v) is 10.9. The molecule has 4 heterocycles. The minimum absolute atomic E-state index is 0.143. The van der Waals surface area contributed by atoms with E-state index in [2.05, 4.69) is 43.2 Å². The van der Waals surface area contributed by atoms with Crippen molar-refractivity contribution in [3.8, 4) is 17.0 Å². The van der Waals surface area contributed by atoms with Crippen molar-refractivity contribution in [3.05, 3.63) is 72.4 Å².